The first kappa shape index (κ1) is 15.9. The zero-order valence-electron chi connectivity index (χ0n) is 13.1. The Morgan fingerprint density at radius 3 is 2.78 bits per heavy atom. The highest BCUT2D eigenvalue weighted by Gasteiger charge is 2.27. The zero-order valence-corrected chi connectivity index (χ0v) is 13.9. The summed E-state index contributed by atoms with van der Waals surface area (Å²) in [7, 11) is 0. The van der Waals surface area contributed by atoms with E-state index in [0.29, 0.717) is 42.5 Å². The number of nitrogens with zero attached hydrogens (tertiary/aromatic N) is 2. The number of piperidine rings is 1. The Hall–Kier alpha value is -1.96. The lowest BCUT2D eigenvalue weighted by molar-refractivity contribution is -0.132. The maximum absolute atomic E-state index is 12.4. The molecule has 0 aliphatic carbocycles. The van der Waals surface area contributed by atoms with Crippen molar-refractivity contribution < 1.29 is 14.4 Å². The van der Waals surface area contributed by atoms with Crippen molar-refractivity contribution in [2.75, 3.05) is 25.0 Å². The number of hydrogen-bond donors (Lipinski definition) is 2. The van der Waals surface area contributed by atoms with Crippen molar-refractivity contribution in [2.24, 2.45) is 5.92 Å². The molecule has 23 heavy (non-hydrogen) atoms. The second-order valence-corrected chi connectivity index (χ2v) is 6.92. The van der Waals surface area contributed by atoms with E-state index in [9.17, 15) is 14.4 Å². The van der Waals surface area contributed by atoms with Crippen molar-refractivity contribution in [3.8, 4) is 0 Å². The molecule has 7 nitrogen and oxygen atoms in total. The number of aryl methyl sites for hydroxylation is 1. The number of hydrogen-bond acceptors (Lipinski definition) is 5. The van der Waals surface area contributed by atoms with Gasteiger partial charge >= 0.3 is 0 Å². The van der Waals surface area contributed by atoms with Crippen LogP contribution in [0, 0.1) is 5.92 Å². The molecule has 0 radical (unpaired) electrons. The summed E-state index contributed by atoms with van der Waals surface area (Å²) in [5.74, 6) is -0.232. The number of thiazole rings is 1. The lowest BCUT2D eigenvalue weighted by Gasteiger charge is -2.30. The van der Waals surface area contributed by atoms with Gasteiger partial charge in [0.1, 0.15) is 4.88 Å². The molecule has 2 N–H and O–H groups in total. The highest BCUT2D eigenvalue weighted by atomic mass is 32.1. The van der Waals surface area contributed by atoms with Crippen LogP contribution in [0.4, 0.5) is 5.13 Å². The Kier molecular flexibility index (Phi) is 4.61. The van der Waals surface area contributed by atoms with Crippen molar-refractivity contribution in [3.63, 3.8) is 0 Å². The fourth-order valence-corrected chi connectivity index (χ4v) is 3.89. The molecular weight excluding hydrogens is 316 g/mol. The summed E-state index contributed by atoms with van der Waals surface area (Å²) >= 11 is 1.23. The van der Waals surface area contributed by atoms with Gasteiger partial charge in [-0.15, -0.1) is 0 Å². The van der Waals surface area contributed by atoms with E-state index in [0.717, 1.165) is 18.5 Å². The Labute approximate surface area is 138 Å². The summed E-state index contributed by atoms with van der Waals surface area (Å²) in [4.78, 5) is 42.4. The molecule has 3 rings (SSSR count). The van der Waals surface area contributed by atoms with E-state index in [-0.39, 0.29) is 23.6 Å². The molecule has 0 atom stereocenters. The second kappa shape index (κ2) is 6.66. The minimum Gasteiger partial charge on any atom is -0.351 e. The standard InChI is InChI=1S/C15H20N4O3S/c1-9(20)19-7-4-10(5-8-19)13(21)18-15-17-11-3-2-6-16-14(22)12(11)23-15/h10H,2-8H2,1H3,(H,16,22)(H,17,18,21). The fraction of sp³-hybridized carbons (Fsp3) is 0.600. The monoisotopic (exact) mass is 336 g/mol. The van der Waals surface area contributed by atoms with E-state index in [2.05, 4.69) is 15.6 Å². The van der Waals surface area contributed by atoms with Crippen LogP contribution in [-0.4, -0.2) is 47.2 Å². The van der Waals surface area contributed by atoms with E-state index in [1.165, 1.54) is 11.3 Å². The Morgan fingerprint density at radius 2 is 2.09 bits per heavy atom. The topological polar surface area (TPSA) is 91.4 Å². The molecule has 0 aromatic carbocycles. The minimum atomic E-state index is -0.108. The normalized spacial score (nSPS) is 18.8. The van der Waals surface area contributed by atoms with Gasteiger partial charge in [0.25, 0.3) is 5.91 Å². The number of aromatic nitrogens is 1. The number of carbonyl (C=O) groups is 3. The molecule has 1 fully saturated rings. The fourth-order valence-electron chi connectivity index (χ4n) is 2.95. The highest BCUT2D eigenvalue weighted by molar-refractivity contribution is 7.17. The molecular formula is C15H20N4O3S. The average Bonchev–Trinajstić information content (AvgIpc) is 2.86. The van der Waals surface area contributed by atoms with Crippen LogP contribution in [0.2, 0.25) is 0 Å². The number of anilines is 1. The summed E-state index contributed by atoms with van der Waals surface area (Å²) in [6, 6.07) is 0. The summed E-state index contributed by atoms with van der Waals surface area (Å²) in [5.41, 5.74) is 0.770. The van der Waals surface area contributed by atoms with E-state index < -0.39 is 0 Å². The molecule has 3 heterocycles. The molecule has 0 bridgehead atoms. The first-order chi connectivity index (χ1) is 11.0. The average molecular weight is 336 g/mol. The van der Waals surface area contributed by atoms with Crippen LogP contribution >= 0.6 is 11.3 Å². The van der Waals surface area contributed by atoms with Crippen molar-refractivity contribution in [3.05, 3.63) is 10.6 Å². The maximum atomic E-state index is 12.4. The highest BCUT2D eigenvalue weighted by Crippen LogP contribution is 2.27. The first-order valence-electron chi connectivity index (χ1n) is 7.89. The van der Waals surface area contributed by atoms with Crippen LogP contribution < -0.4 is 10.6 Å². The van der Waals surface area contributed by atoms with Gasteiger partial charge in [0.05, 0.1) is 5.69 Å². The number of fused-ring (bicyclic) bond motifs is 1. The lowest BCUT2D eigenvalue weighted by Crippen LogP contribution is -2.40. The van der Waals surface area contributed by atoms with E-state index in [4.69, 9.17) is 0 Å². The third kappa shape index (κ3) is 3.52. The number of likely N-dealkylation sites (tertiary alicyclic amines) is 1. The Morgan fingerprint density at radius 1 is 1.35 bits per heavy atom. The molecule has 8 heteroatoms. The van der Waals surface area contributed by atoms with Gasteiger partial charge in [-0.3, -0.25) is 14.4 Å². The molecule has 0 spiro atoms. The van der Waals surface area contributed by atoms with Gasteiger partial charge in [0.15, 0.2) is 5.13 Å². The first-order valence-corrected chi connectivity index (χ1v) is 8.70. The van der Waals surface area contributed by atoms with E-state index in [1.54, 1.807) is 11.8 Å². The molecule has 0 saturated carbocycles. The molecule has 1 saturated heterocycles. The Balaban J connectivity index is 1.62. The van der Waals surface area contributed by atoms with Gasteiger partial charge in [0.2, 0.25) is 11.8 Å². The molecule has 2 aliphatic rings. The van der Waals surface area contributed by atoms with Crippen molar-refractivity contribution in [1.82, 2.24) is 15.2 Å². The number of amides is 3. The van der Waals surface area contributed by atoms with Gasteiger partial charge in [-0.2, -0.15) is 0 Å². The molecule has 1 aromatic rings. The summed E-state index contributed by atoms with van der Waals surface area (Å²) in [6.07, 6.45) is 2.94. The van der Waals surface area contributed by atoms with Gasteiger partial charge in [0, 0.05) is 32.5 Å². The second-order valence-electron chi connectivity index (χ2n) is 5.92. The van der Waals surface area contributed by atoms with Crippen LogP contribution in [0.5, 0.6) is 0 Å². The molecule has 2 aliphatic heterocycles. The van der Waals surface area contributed by atoms with Crippen molar-refractivity contribution in [1.29, 1.82) is 0 Å². The third-order valence-corrected chi connectivity index (χ3v) is 5.33. The van der Waals surface area contributed by atoms with Gasteiger partial charge < -0.3 is 15.5 Å². The maximum Gasteiger partial charge on any atom is 0.263 e. The van der Waals surface area contributed by atoms with Crippen molar-refractivity contribution in [2.45, 2.75) is 32.6 Å². The van der Waals surface area contributed by atoms with Crippen LogP contribution in [0.25, 0.3) is 0 Å². The minimum absolute atomic E-state index is 0.0542. The quantitative estimate of drug-likeness (QED) is 0.843. The van der Waals surface area contributed by atoms with E-state index in [1.807, 2.05) is 0 Å². The molecule has 1 aromatic heterocycles. The molecule has 3 amide bonds. The summed E-state index contributed by atoms with van der Waals surface area (Å²) in [6.45, 7) is 3.45. The number of rotatable bonds is 2. The summed E-state index contributed by atoms with van der Waals surface area (Å²) < 4.78 is 0. The van der Waals surface area contributed by atoms with Crippen molar-refractivity contribution >= 4 is 34.2 Å². The molecule has 0 unspecified atom stereocenters. The SMILES string of the molecule is CC(=O)N1CCC(C(=O)Nc2nc3c(s2)C(=O)NCCC3)CC1. The predicted molar refractivity (Wildman–Crippen MR) is 86.4 cm³/mol. The largest absolute Gasteiger partial charge is 0.351 e. The predicted octanol–water partition coefficient (Wildman–Crippen LogP) is 1.02. The summed E-state index contributed by atoms with van der Waals surface area (Å²) in [5, 5.41) is 6.16. The van der Waals surface area contributed by atoms with Gasteiger partial charge in [-0.1, -0.05) is 11.3 Å². The lowest BCUT2D eigenvalue weighted by atomic mass is 9.96. The number of carbonyl (C=O) groups excluding carboxylic acids is 3. The Bertz CT molecular complexity index is 635. The zero-order chi connectivity index (χ0) is 16.4. The van der Waals surface area contributed by atoms with Crippen LogP contribution in [0.15, 0.2) is 0 Å². The van der Waals surface area contributed by atoms with E-state index >= 15 is 0 Å². The number of nitrogens with one attached hydrogen (secondary N) is 2. The third-order valence-electron chi connectivity index (χ3n) is 4.32. The van der Waals surface area contributed by atoms with Gasteiger partial charge in [-0.25, -0.2) is 4.98 Å². The van der Waals surface area contributed by atoms with Crippen LogP contribution in [0.3, 0.4) is 0 Å². The smallest absolute Gasteiger partial charge is 0.263 e. The van der Waals surface area contributed by atoms with Crippen LogP contribution in [-0.2, 0) is 16.0 Å². The van der Waals surface area contributed by atoms with Crippen LogP contribution in [0.1, 0.15) is 41.6 Å². The van der Waals surface area contributed by atoms with Gasteiger partial charge in [-0.05, 0) is 25.7 Å². The molecule has 124 valence electrons.